The Kier molecular flexibility index (Phi) is 6.87. The van der Waals surface area contributed by atoms with E-state index >= 15 is 0 Å². The van der Waals surface area contributed by atoms with Crippen LogP contribution in [0.15, 0.2) is 42.7 Å². The first-order chi connectivity index (χ1) is 15.5. The van der Waals surface area contributed by atoms with Crippen molar-refractivity contribution in [1.29, 1.82) is 0 Å². The normalized spacial score (nSPS) is 13.9. The molecule has 1 aliphatic rings. The third kappa shape index (κ3) is 5.17. The Hall–Kier alpha value is -3.17. The molecule has 4 rings (SSSR count). The predicted octanol–water partition coefficient (Wildman–Crippen LogP) is 3.50. The van der Waals surface area contributed by atoms with Crippen LogP contribution in [0.2, 0.25) is 5.02 Å². The molecule has 3 aromatic rings. The van der Waals surface area contributed by atoms with Gasteiger partial charge in [0.2, 0.25) is 5.95 Å². The maximum absolute atomic E-state index is 12.5. The molecule has 1 aromatic carbocycles. The number of aromatic nitrogens is 4. The summed E-state index contributed by atoms with van der Waals surface area (Å²) in [5.74, 6) is 1.00. The van der Waals surface area contributed by atoms with E-state index in [1.165, 1.54) is 6.20 Å². The van der Waals surface area contributed by atoms with E-state index in [9.17, 15) is 4.79 Å². The predicted molar refractivity (Wildman–Crippen MR) is 121 cm³/mol. The topological polar surface area (TPSA) is 94.4 Å². The Morgan fingerprint density at radius 3 is 2.66 bits per heavy atom. The van der Waals surface area contributed by atoms with Gasteiger partial charge in [0.15, 0.2) is 6.73 Å². The maximum atomic E-state index is 12.5. The molecule has 1 N–H and O–H groups in total. The molecule has 9 nitrogen and oxygen atoms in total. The van der Waals surface area contributed by atoms with E-state index in [1.54, 1.807) is 29.2 Å². The van der Waals surface area contributed by atoms with Crippen molar-refractivity contribution in [1.82, 2.24) is 24.6 Å². The summed E-state index contributed by atoms with van der Waals surface area (Å²) in [6.07, 6.45) is 3.43. The Bertz CT molecular complexity index is 1060. The summed E-state index contributed by atoms with van der Waals surface area (Å²) in [5, 5.41) is 7.96. The van der Waals surface area contributed by atoms with Crippen molar-refractivity contribution in [2.75, 3.05) is 38.4 Å². The van der Waals surface area contributed by atoms with Crippen LogP contribution in [-0.4, -0.2) is 63.6 Å². The maximum Gasteiger partial charge on any atom is 0.254 e. The fourth-order valence-electron chi connectivity index (χ4n) is 3.21. The molecule has 0 spiro atoms. The third-order valence-electron chi connectivity index (χ3n) is 4.99. The van der Waals surface area contributed by atoms with Crippen molar-refractivity contribution >= 4 is 23.5 Å². The highest BCUT2D eigenvalue weighted by Gasteiger charge is 2.18. The molecular formula is C22H25ClN6O3. The minimum atomic E-state index is -0.0000207. The molecule has 3 heterocycles. The average molecular weight is 457 g/mol. The first-order valence-electron chi connectivity index (χ1n) is 10.4. The second kappa shape index (κ2) is 9.97. The molecule has 1 saturated heterocycles. The van der Waals surface area contributed by atoms with Crippen LogP contribution in [0.25, 0.3) is 11.4 Å². The summed E-state index contributed by atoms with van der Waals surface area (Å²) in [5.41, 5.74) is 1.85. The molecule has 0 bridgehead atoms. The van der Waals surface area contributed by atoms with E-state index in [2.05, 4.69) is 20.4 Å². The van der Waals surface area contributed by atoms with Gasteiger partial charge in [-0.05, 0) is 44.2 Å². The SMILES string of the molecule is CC(C)n1ccc(-c2nc(NCOc3ccc(C(=O)N4CCOCC4)cc3)ncc2Cl)n1. The zero-order chi connectivity index (χ0) is 22.5. The van der Waals surface area contributed by atoms with Crippen LogP contribution in [0, 0.1) is 0 Å². The molecule has 32 heavy (non-hydrogen) atoms. The molecule has 1 aliphatic heterocycles. The average Bonchev–Trinajstić information content (AvgIpc) is 3.31. The lowest BCUT2D eigenvalue weighted by Crippen LogP contribution is -2.40. The van der Waals surface area contributed by atoms with Crippen LogP contribution in [0.3, 0.4) is 0 Å². The van der Waals surface area contributed by atoms with E-state index < -0.39 is 0 Å². The van der Waals surface area contributed by atoms with Crippen LogP contribution >= 0.6 is 11.6 Å². The van der Waals surface area contributed by atoms with Crippen molar-refractivity contribution in [3.63, 3.8) is 0 Å². The van der Waals surface area contributed by atoms with Gasteiger partial charge in [0.1, 0.15) is 17.1 Å². The molecule has 0 unspecified atom stereocenters. The summed E-state index contributed by atoms with van der Waals surface area (Å²) in [6.45, 7) is 6.63. The number of anilines is 1. The minimum Gasteiger partial charge on any atom is -0.473 e. The molecule has 1 amide bonds. The van der Waals surface area contributed by atoms with Crippen molar-refractivity contribution in [3.05, 3.63) is 53.3 Å². The highest BCUT2D eigenvalue weighted by atomic mass is 35.5. The van der Waals surface area contributed by atoms with Crippen LogP contribution in [-0.2, 0) is 4.74 Å². The molecule has 0 radical (unpaired) electrons. The highest BCUT2D eigenvalue weighted by molar-refractivity contribution is 6.32. The lowest BCUT2D eigenvalue weighted by Gasteiger charge is -2.26. The van der Waals surface area contributed by atoms with Crippen molar-refractivity contribution in [2.45, 2.75) is 19.9 Å². The standard InChI is InChI=1S/C22H25ClN6O3/c1-15(2)29-8-7-19(27-29)20-18(23)13-24-22(26-20)25-14-32-17-5-3-16(4-6-17)21(30)28-9-11-31-12-10-28/h3-8,13,15H,9-12,14H2,1-2H3,(H,24,25,26). The summed E-state index contributed by atoms with van der Waals surface area (Å²) >= 11 is 6.27. The van der Waals surface area contributed by atoms with Gasteiger partial charge in [-0.3, -0.25) is 9.48 Å². The number of nitrogens with zero attached hydrogens (tertiary/aromatic N) is 5. The molecule has 0 atom stereocenters. The first kappa shape index (κ1) is 22.0. The largest absolute Gasteiger partial charge is 0.473 e. The lowest BCUT2D eigenvalue weighted by molar-refractivity contribution is 0.0303. The van der Waals surface area contributed by atoms with Gasteiger partial charge in [0.25, 0.3) is 5.91 Å². The van der Waals surface area contributed by atoms with Crippen LogP contribution in [0.1, 0.15) is 30.2 Å². The van der Waals surface area contributed by atoms with E-state index in [-0.39, 0.29) is 18.7 Å². The van der Waals surface area contributed by atoms with E-state index in [1.807, 2.05) is 30.8 Å². The van der Waals surface area contributed by atoms with Crippen LogP contribution in [0.4, 0.5) is 5.95 Å². The number of benzene rings is 1. The summed E-state index contributed by atoms with van der Waals surface area (Å²) in [7, 11) is 0. The van der Waals surface area contributed by atoms with E-state index in [4.69, 9.17) is 21.1 Å². The molecule has 2 aromatic heterocycles. The molecular weight excluding hydrogens is 432 g/mol. The Labute approximate surface area is 191 Å². The van der Waals surface area contributed by atoms with Gasteiger partial charge < -0.3 is 19.7 Å². The number of carbonyl (C=O) groups excluding carboxylic acids is 1. The Balaban J connectivity index is 1.34. The minimum absolute atomic E-state index is 0.0000207. The summed E-state index contributed by atoms with van der Waals surface area (Å²) < 4.78 is 12.8. The van der Waals surface area contributed by atoms with Crippen LogP contribution in [0.5, 0.6) is 5.75 Å². The number of carbonyl (C=O) groups is 1. The van der Waals surface area contributed by atoms with Gasteiger partial charge in [0, 0.05) is 30.9 Å². The van der Waals surface area contributed by atoms with Gasteiger partial charge in [0.05, 0.1) is 24.4 Å². The summed E-state index contributed by atoms with van der Waals surface area (Å²) in [6, 6.07) is 9.16. The van der Waals surface area contributed by atoms with Crippen LogP contribution < -0.4 is 10.1 Å². The number of halogens is 1. The number of rotatable bonds is 7. The fraction of sp³-hybridized carbons (Fsp3) is 0.364. The molecule has 0 saturated carbocycles. The van der Waals surface area contributed by atoms with Crippen molar-refractivity contribution in [2.24, 2.45) is 0 Å². The quantitative estimate of drug-likeness (QED) is 0.544. The fourth-order valence-corrected chi connectivity index (χ4v) is 3.40. The molecule has 0 aliphatic carbocycles. The number of nitrogens with one attached hydrogen (secondary N) is 1. The van der Waals surface area contributed by atoms with E-state index in [0.29, 0.717) is 60.0 Å². The van der Waals surface area contributed by atoms with Crippen molar-refractivity contribution < 1.29 is 14.3 Å². The van der Waals surface area contributed by atoms with Crippen molar-refractivity contribution in [3.8, 4) is 17.1 Å². The second-order valence-electron chi connectivity index (χ2n) is 7.56. The Morgan fingerprint density at radius 2 is 1.97 bits per heavy atom. The monoisotopic (exact) mass is 456 g/mol. The number of morpholine rings is 1. The third-order valence-corrected chi connectivity index (χ3v) is 5.27. The van der Waals surface area contributed by atoms with E-state index in [0.717, 1.165) is 0 Å². The summed E-state index contributed by atoms with van der Waals surface area (Å²) in [4.78, 5) is 23.0. The van der Waals surface area contributed by atoms with Gasteiger partial charge in [-0.15, -0.1) is 0 Å². The number of hydrogen-bond acceptors (Lipinski definition) is 7. The molecule has 1 fully saturated rings. The zero-order valence-corrected chi connectivity index (χ0v) is 18.7. The molecule has 168 valence electrons. The number of hydrogen-bond donors (Lipinski definition) is 1. The lowest BCUT2D eigenvalue weighted by atomic mass is 10.2. The zero-order valence-electron chi connectivity index (χ0n) is 18.0. The number of ether oxygens (including phenoxy) is 2. The van der Waals surface area contributed by atoms with Gasteiger partial charge in [-0.25, -0.2) is 9.97 Å². The first-order valence-corrected chi connectivity index (χ1v) is 10.8. The second-order valence-corrected chi connectivity index (χ2v) is 7.97. The molecule has 10 heteroatoms. The van der Waals surface area contributed by atoms with Gasteiger partial charge >= 0.3 is 0 Å². The smallest absolute Gasteiger partial charge is 0.254 e. The van der Waals surface area contributed by atoms with Gasteiger partial charge in [-0.2, -0.15) is 5.10 Å². The Morgan fingerprint density at radius 1 is 1.22 bits per heavy atom. The van der Waals surface area contributed by atoms with Gasteiger partial charge in [-0.1, -0.05) is 11.6 Å². The highest BCUT2D eigenvalue weighted by Crippen LogP contribution is 2.25. The number of amides is 1.